The summed E-state index contributed by atoms with van der Waals surface area (Å²) in [4.78, 5) is 4.16. The van der Waals surface area contributed by atoms with Crippen LogP contribution in [0.15, 0.2) is 24.9 Å². The first kappa shape index (κ1) is 10.7. The third-order valence-corrected chi connectivity index (χ3v) is 1.74. The van der Waals surface area contributed by atoms with Crippen molar-refractivity contribution < 1.29 is 9.47 Å². The van der Waals surface area contributed by atoms with Crippen LogP contribution in [0.2, 0.25) is 0 Å². The van der Waals surface area contributed by atoms with Crippen molar-refractivity contribution in [2.24, 2.45) is 0 Å². The van der Waals surface area contributed by atoms with Crippen molar-refractivity contribution in [3.05, 3.63) is 36.2 Å². The van der Waals surface area contributed by atoms with Gasteiger partial charge in [0.25, 0.3) is 0 Å². The molecule has 0 fully saturated rings. The summed E-state index contributed by atoms with van der Waals surface area (Å²) >= 11 is 0. The molecule has 0 radical (unpaired) electrons. The van der Waals surface area contributed by atoms with E-state index in [1.165, 1.54) is 0 Å². The van der Waals surface area contributed by atoms with E-state index in [-0.39, 0.29) is 0 Å². The van der Waals surface area contributed by atoms with Gasteiger partial charge in [-0.2, -0.15) is 0 Å². The first-order valence-corrected chi connectivity index (χ1v) is 4.54. The molecule has 0 saturated carbocycles. The van der Waals surface area contributed by atoms with E-state index in [2.05, 4.69) is 11.6 Å². The van der Waals surface area contributed by atoms with E-state index in [4.69, 9.17) is 9.47 Å². The second kappa shape index (κ2) is 5.40. The van der Waals surface area contributed by atoms with Crippen molar-refractivity contribution in [1.29, 1.82) is 0 Å². The van der Waals surface area contributed by atoms with Crippen molar-refractivity contribution >= 4 is 5.76 Å². The molecule has 0 unspecified atom stereocenters. The molecule has 1 aromatic rings. The highest BCUT2D eigenvalue weighted by atomic mass is 16.5. The largest absolute Gasteiger partial charge is 0.492 e. The van der Waals surface area contributed by atoms with Crippen LogP contribution in [0.4, 0.5) is 0 Å². The molecule has 3 heteroatoms. The standard InChI is InChI=1S/C11H15NO2/c1-4-14-9(2)11-7-10(8-13-3)5-6-12-11/h5-7H,2,4,8H2,1,3H3. The Morgan fingerprint density at radius 3 is 3.00 bits per heavy atom. The smallest absolute Gasteiger partial charge is 0.137 e. The van der Waals surface area contributed by atoms with Gasteiger partial charge in [0.15, 0.2) is 0 Å². The minimum atomic E-state index is 0.578. The average molecular weight is 193 g/mol. The summed E-state index contributed by atoms with van der Waals surface area (Å²) < 4.78 is 10.3. The lowest BCUT2D eigenvalue weighted by Gasteiger charge is -2.07. The summed E-state index contributed by atoms with van der Waals surface area (Å²) in [5.41, 5.74) is 1.83. The van der Waals surface area contributed by atoms with Crippen LogP contribution in [0.25, 0.3) is 5.76 Å². The highest BCUT2D eigenvalue weighted by molar-refractivity contribution is 5.53. The van der Waals surface area contributed by atoms with Crippen LogP contribution < -0.4 is 0 Å². The summed E-state index contributed by atoms with van der Waals surface area (Å²) in [5.74, 6) is 0.602. The summed E-state index contributed by atoms with van der Waals surface area (Å²) in [7, 11) is 1.66. The number of aromatic nitrogens is 1. The molecular formula is C11H15NO2. The molecule has 0 aromatic carbocycles. The van der Waals surface area contributed by atoms with Crippen LogP contribution in [-0.2, 0) is 16.1 Å². The van der Waals surface area contributed by atoms with Gasteiger partial charge in [0.2, 0.25) is 0 Å². The number of hydrogen-bond acceptors (Lipinski definition) is 3. The Hall–Kier alpha value is -1.35. The Morgan fingerprint density at radius 2 is 2.36 bits per heavy atom. The van der Waals surface area contributed by atoms with Crippen molar-refractivity contribution in [2.45, 2.75) is 13.5 Å². The number of pyridine rings is 1. The van der Waals surface area contributed by atoms with E-state index in [1.807, 2.05) is 19.1 Å². The maximum atomic E-state index is 5.26. The molecule has 0 aliphatic rings. The second-order valence-corrected chi connectivity index (χ2v) is 2.84. The monoisotopic (exact) mass is 193 g/mol. The van der Waals surface area contributed by atoms with E-state index in [9.17, 15) is 0 Å². The van der Waals surface area contributed by atoms with E-state index < -0.39 is 0 Å². The van der Waals surface area contributed by atoms with Crippen LogP contribution in [-0.4, -0.2) is 18.7 Å². The summed E-state index contributed by atoms with van der Waals surface area (Å²) in [5, 5.41) is 0. The van der Waals surface area contributed by atoms with Gasteiger partial charge >= 0.3 is 0 Å². The highest BCUT2D eigenvalue weighted by Crippen LogP contribution is 2.12. The van der Waals surface area contributed by atoms with Crippen LogP contribution in [0.1, 0.15) is 18.2 Å². The van der Waals surface area contributed by atoms with Crippen LogP contribution >= 0.6 is 0 Å². The van der Waals surface area contributed by atoms with E-state index in [0.29, 0.717) is 19.0 Å². The Balaban J connectivity index is 2.77. The Bertz CT molecular complexity index is 310. The maximum absolute atomic E-state index is 5.26. The number of rotatable bonds is 5. The van der Waals surface area contributed by atoms with Gasteiger partial charge in [0.1, 0.15) is 11.5 Å². The molecule has 14 heavy (non-hydrogen) atoms. The molecule has 0 N–H and O–H groups in total. The first-order valence-electron chi connectivity index (χ1n) is 4.54. The van der Waals surface area contributed by atoms with Gasteiger partial charge in [-0.15, -0.1) is 0 Å². The Labute approximate surface area is 84.4 Å². The predicted molar refractivity (Wildman–Crippen MR) is 55.6 cm³/mol. The van der Waals surface area contributed by atoms with Crippen molar-refractivity contribution in [3.63, 3.8) is 0 Å². The molecule has 0 atom stereocenters. The minimum absolute atomic E-state index is 0.578. The van der Waals surface area contributed by atoms with Gasteiger partial charge in [-0.05, 0) is 24.6 Å². The zero-order valence-electron chi connectivity index (χ0n) is 8.62. The molecule has 0 aliphatic carbocycles. The van der Waals surface area contributed by atoms with E-state index >= 15 is 0 Å². The molecular weight excluding hydrogens is 178 g/mol. The Kier molecular flexibility index (Phi) is 4.13. The SMILES string of the molecule is C=C(OCC)c1cc(COC)ccn1. The number of nitrogens with zero attached hydrogens (tertiary/aromatic N) is 1. The van der Waals surface area contributed by atoms with Gasteiger partial charge in [0.05, 0.1) is 13.2 Å². The minimum Gasteiger partial charge on any atom is -0.492 e. The third-order valence-electron chi connectivity index (χ3n) is 1.74. The van der Waals surface area contributed by atoms with Gasteiger partial charge in [-0.1, -0.05) is 6.58 Å². The zero-order valence-corrected chi connectivity index (χ0v) is 8.62. The van der Waals surface area contributed by atoms with Crippen LogP contribution in [0, 0.1) is 0 Å². The topological polar surface area (TPSA) is 31.4 Å². The maximum Gasteiger partial charge on any atom is 0.137 e. The zero-order chi connectivity index (χ0) is 10.4. The fourth-order valence-corrected chi connectivity index (χ4v) is 1.13. The lowest BCUT2D eigenvalue weighted by molar-refractivity contribution is 0.184. The molecule has 0 amide bonds. The quantitative estimate of drug-likeness (QED) is 0.672. The summed E-state index contributed by atoms with van der Waals surface area (Å²) in [6.07, 6.45) is 1.73. The second-order valence-electron chi connectivity index (χ2n) is 2.84. The van der Waals surface area contributed by atoms with Crippen molar-refractivity contribution in [3.8, 4) is 0 Å². The fraction of sp³-hybridized carbons (Fsp3) is 0.364. The molecule has 0 aliphatic heterocycles. The molecule has 76 valence electrons. The summed E-state index contributed by atoms with van der Waals surface area (Å²) in [6.45, 7) is 6.90. The molecule has 0 spiro atoms. The highest BCUT2D eigenvalue weighted by Gasteiger charge is 2.01. The number of hydrogen-bond donors (Lipinski definition) is 0. The van der Waals surface area contributed by atoms with Crippen molar-refractivity contribution in [2.75, 3.05) is 13.7 Å². The van der Waals surface area contributed by atoms with E-state index in [0.717, 1.165) is 11.3 Å². The Morgan fingerprint density at radius 1 is 1.57 bits per heavy atom. The molecule has 1 rings (SSSR count). The lowest BCUT2D eigenvalue weighted by Crippen LogP contribution is -1.96. The molecule has 0 saturated heterocycles. The van der Waals surface area contributed by atoms with Crippen molar-refractivity contribution in [1.82, 2.24) is 4.98 Å². The first-order chi connectivity index (χ1) is 6.77. The molecule has 1 heterocycles. The van der Waals surface area contributed by atoms with Gasteiger partial charge in [-0.3, -0.25) is 4.98 Å². The normalized spacial score (nSPS) is 9.86. The van der Waals surface area contributed by atoms with Gasteiger partial charge in [-0.25, -0.2) is 0 Å². The number of methoxy groups -OCH3 is 1. The van der Waals surface area contributed by atoms with Crippen LogP contribution in [0.3, 0.4) is 0 Å². The fourth-order valence-electron chi connectivity index (χ4n) is 1.13. The van der Waals surface area contributed by atoms with Gasteiger partial charge in [0, 0.05) is 13.3 Å². The third kappa shape index (κ3) is 2.85. The average Bonchev–Trinajstić information content (AvgIpc) is 2.19. The number of ether oxygens (including phenoxy) is 2. The molecule has 3 nitrogen and oxygen atoms in total. The van der Waals surface area contributed by atoms with Gasteiger partial charge < -0.3 is 9.47 Å². The molecule has 1 aromatic heterocycles. The molecule has 0 bridgehead atoms. The predicted octanol–water partition coefficient (Wildman–Crippen LogP) is 2.24. The summed E-state index contributed by atoms with van der Waals surface area (Å²) in [6, 6.07) is 3.83. The van der Waals surface area contributed by atoms with E-state index in [1.54, 1.807) is 13.3 Å². The van der Waals surface area contributed by atoms with Crippen LogP contribution in [0.5, 0.6) is 0 Å². The lowest BCUT2D eigenvalue weighted by atomic mass is 10.2.